The highest BCUT2D eigenvalue weighted by Gasteiger charge is 2.28. The molecular formula is C14H21N3S2. The van der Waals surface area contributed by atoms with Crippen molar-refractivity contribution >= 4 is 22.9 Å². The highest BCUT2D eigenvalue weighted by molar-refractivity contribution is 7.10. The zero-order valence-corrected chi connectivity index (χ0v) is 13.6. The van der Waals surface area contributed by atoms with Gasteiger partial charge in [-0.15, -0.1) is 16.4 Å². The van der Waals surface area contributed by atoms with Crippen LogP contribution in [0.1, 0.15) is 55.6 Å². The third-order valence-electron chi connectivity index (χ3n) is 2.91. The van der Waals surface area contributed by atoms with Crippen molar-refractivity contribution in [2.45, 2.75) is 45.6 Å². The first-order valence-corrected chi connectivity index (χ1v) is 8.29. The van der Waals surface area contributed by atoms with Crippen molar-refractivity contribution in [3.8, 4) is 0 Å². The third-order valence-corrected chi connectivity index (χ3v) is 4.64. The Bertz CT molecular complexity index is 497. The van der Waals surface area contributed by atoms with Gasteiger partial charge in [-0.25, -0.2) is 0 Å². The number of rotatable bonds is 5. The van der Waals surface area contributed by atoms with Crippen LogP contribution in [0, 0.1) is 0 Å². The summed E-state index contributed by atoms with van der Waals surface area (Å²) in [6.07, 6.45) is 1.12. The topological polar surface area (TPSA) is 37.8 Å². The maximum atomic E-state index is 4.36. The van der Waals surface area contributed by atoms with E-state index in [1.165, 1.54) is 21.3 Å². The average molecular weight is 295 g/mol. The second-order valence-corrected chi connectivity index (χ2v) is 7.40. The monoisotopic (exact) mass is 295 g/mol. The molecule has 19 heavy (non-hydrogen) atoms. The molecule has 0 amide bonds. The number of nitrogens with zero attached hydrogens (tertiary/aromatic N) is 2. The number of nitrogens with one attached hydrogen (secondary N) is 1. The highest BCUT2D eigenvalue weighted by Crippen LogP contribution is 2.35. The smallest absolute Gasteiger partial charge is 0.0860 e. The highest BCUT2D eigenvalue weighted by atomic mass is 32.1. The van der Waals surface area contributed by atoms with Gasteiger partial charge < -0.3 is 5.32 Å². The van der Waals surface area contributed by atoms with Crippen molar-refractivity contribution in [1.82, 2.24) is 14.9 Å². The van der Waals surface area contributed by atoms with Gasteiger partial charge in [-0.3, -0.25) is 0 Å². The Hall–Kier alpha value is -0.780. The fourth-order valence-electron chi connectivity index (χ4n) is 1.97. The van der Waals surface area contributed by atoms with E-state index >= 15 is 0 Å². The number of hydrogen-bond acceptors (Lipinski definition) is 5. The minimum atomic E-state index is 0.0335. The first kappa shape index (κ1) is 14.6. The van der Waals surface area contributed by atoms with Crippen molar-refractivity contribution in [3.05, 3.63) is 33.0 Å². The molecule has 0 saturated carbocycles. The molecule has 0 radical (unpaired) electrons. The lowest BCUT2D eigenvalue weighted by Crippen LogP contribution is -2.25. The normalized spacial score (nSPS) is 13.7. The summed E-state index contributed by atoms with van der Waals surface area (Å²) in [5.74, 6) is 0. The molecule has 0 aliphatic heterocycles. The molecule has 3 nitrogen and oxygen atoms in total. The van der Waals surface area contributed by atoms with Gasteiger partial charge in [0.2, 0.25) is 0 Å². The number of hydrogen-bond donors (Lipinski definition) is 1. The van der Waals surface area contributed by atoms with Gasteiger partial charge in [0.05, 0.1) is 16.6 Å². The number of aromatic nitrogens is 2. The van der Waals surface area contributed by atoms with Crippen LogP contribution in [0.5, 0.6) is 0 Å². The molecule has 2 rings (SSSR count). The number of thiophene rings is 1. The summed E-state index contributed by atoms with van der Waals surface area (Å²) in [5.41, 5.74) is 1.14. The maximum Gasteiger partial charge on any atom is 0.0860 e. The van der Waals surface area contributed by atoms with Crippen LogP contribution < -0.4 is 5.32 Å². The Labute approximate surface area is 123 Å². The predicted molar refractivity (Wildman–Crippen MR) is 83.1 cm³/mol. The molecule has 104 valence electrons. The van der Waals surface area contributed by atoms with Crippen LogP contribution in [-0.2, 0) is 5.41 Å². The van der Waals surface area contributed by atoms with Gasteiger partial charge in [0, 0.05) is 10.3 Å². The van der Waals surface area contributed by atoms with Crippen molar-refractivity contribution in [1.29, 1.82) is 0 Å². The quantitative estimate of drug-likeness (QED) is 0.906. The molecule has 1 unspecified atom stereocenters. The Morgan fingerprint density at radius 2 is 2.16 bits per heavy atom. The van der Waals surface area contributed by atoms with E-state index in [1.54, 1.807) is 11.3 Å². The fraction of sp³-hybridized carbons (Fsp3) is 0.571. The SMILES string of the molecule is CCCNC(c1cccs1)c1snnc1C(C)(C)C. The minimum Gasteiger partial charge on any atom is -0.305 e. The molecule has 2 heterocycles. The lowest BCUT2D eigenvalue weighted by atomic mass is 9.90. The van der Waals surface area contributed by atoms with E-state index < -0.39 is 0 Å². The first-order chi connectivity index (χ1) is 9.04. The summed E-state index contributed by atoms with van der Waals surface area (Å²) in [7, 11) is 0. The molecule has 5 heteroatoms. The van der Waals surface area contributed by atoms with Crippen molar-refractivity contribution in [2.24, 2.45) is 0 Å². The molecule has 0 aromatic carbocycles. The van der Waals surface area contributed by atoms with E-state index in [0.29, 0.717) is 0 Å². The van der Waals surface area contributed by atoms with E-state index in [9.17, 15) is 0 Å². The first-order valence-electron chi connectivity index (χ1n) is 6.63. The molecular weight excluding hydrogens is 274 g/mol. The van der Waals surface area contributed by atoms with E-state index in [4.69, 9.17) is 0 Å². The average Bonchev–Trinajstić information content (AvgIpc) is 2.99. The summed E-state index contributed by atoms with van der Waals surface area (Å²) in [6.45, 7) is 9.77. The maximum absolute atomic E-state index is 4.36. The minimum absolute atomic E-state index is 0.0335. The van der Waals surface area contributed by atoms with Crippen LogP contribution in [0.4, 0.5) is 0 Å². The van der Waals surface area contributed by atoms with Crippen molar-refractivity contribution in [2.75, 3.05) is 6.54 Å². The van der Waals surface area contributed by atoms with Gasteiger partial charge in [-0.2, -0.15) is 0 Å². The van der Waals surface area contributed by atoms with Crippen LogP contribution in [0.15, 0.2) is 17.5 Å². The van der Waals surface area contributed by atoms with Gasteiger partial charge in [-0.1, -0.05) is 38.2 Å². The molecule has 0 aliphatic rings. The molecule has 2 aromatic heterocycles. The van der Waals surface area contributed by atoms with Crippen LogP contribution >= 0.6 is 22.9 Å². The summed E-state index contributed by atoms with van der Waals surface area (Å²) in [4.78, 5) is 2.59. The zero-order chi connectivity index (χ0) is 13.9. The second-order valence-electron chi connectivity index (χ2n) is 5.64. The second kappa shape index (κ2) is 6.11. The Morgan fingerprint density at radius 1 is 1.37 bits per heavy atom. The van der Waals surface area contributed by atoms with Gasteiger partial charge in [0.25, 0.3) is 0 Å². The molecule has 1 N–H and O–H groups in total. The summed E-state index contributed by atoms with van der Waals surface area (Å²) >= 11 is 3.30. The Kier molecular flexibility index (Phi) is 4.71. The molecule has 0 aliphatic carbocycles. The molecule has 2 aromatic rings. The van der Waals surface area contributed by atoms with Gasteiger partial charge in [0.15, 0.2) is 0 Å². The van der Waals surface area contributed by atoms with Crippen molar-refractivity contribution < 1.29 is 0 Å². The molecule has 1 atom stereocenters. The van der Waals surface area contributed by atoms with Crippen LogP contribution in [0.3, 0.4) is 0 Å². The van der Waals surface area contributed by atoms with Gasteiger partial charge >= 0.3 is 0 Å². The zero-order valence-electron chi connectivity index (χ0n) is 11.9. The van der Waals surface area contributed by atoms with E-state index in [2.05, 4.69) is 60.1 Å². The Morgan fingerprint density at radius 3 is 2.74 bits per heavy atom. The fourth-order valence-corrected chi connectivity index (χ4v) is 3.82. The lowest BCUT2D eigenvalue weighted by molar-refractivity contribution is 0.540. The van der Waals surface area contributed by atoms with Gasteiger partial charge in [-0.05, 0) is 35.9 Å². The molecule has 0 bridgehead atoms. The summed E-state index contributed by atoms with van der Waals surface area (Å²) < 4.78 is 4.18. The predicted octanol–water partition coefficient (Wildman–Crippen LogP) is 3.99. The summed E-state index contributed by atoms with van der Waals surface area (Å²) in [6, 6.07) is 4.52. The van der Waals surface area contributed by atoms with E-state index in [-0.39, 0.29) is 11.5 Å². The van der Waals surface area contributed by atoms with Crippen LogP contribution in [-0.4, -0.2) is 16.1 Å². The van der Waals surface area contributed by atoms with Crippen molar-refractivity contribution in [3.63, 3.8) is 0 Å². The van der Waals surface area contributed by atoms with Crippen LogP contribution in [0.2, 0.25) is 0 Å². The molecule has 0 spiro atoms. The standard InChI is InChI=1S/C14H21N3S2/c1-5-8-15-11(10-7-6-9-18-10)12-13(14(2,3)4)16-17-19-12/h6-7,9,11,15H,5,8H2,1-4H3. The molecule has 0 fully saturated rings. The van der Waals surface area contributed by atoms with E-state index in [0.717, 1.165) is 18.7 Å². The van der Waals surface area contributed by atoms with Gasteiger partial charge in [0.1, 0.15) is 0 Å². The third kappa shape index (κ3) is 3.41. The molecule has 0 saturated heterocycles. The Balaban J connectivity index is 2.36. The largest absolute Gasteiger partial charge is 0.305 e. The summed E-state index contributed by atoms with van der Waals surface area (Å²) in [5, 5.41) is 10.1. The van der Waals surface area contributed by atoms with E-state index in [1.807, 2.05) is 0 Å². The van der Waals surface area contributed by atoms with Crippen LogP contribution in [0.25, 0.3) is 0 Å². The lowest BCUT2D eigenvalue weighted by Gasteiger charge is -2.22.